The van der Waals surface area contributed by atoms with E-state index in [4.69, 9.17) is 0 Å². The Morgan fingerprint density at radius 3 is 2.32 bits per heavy atom. The molecule has 0 saturated carbocycles. The van der Waals surface area contributed by atoms with E-state index < -0.39 is 17.8 Å². The molecule has 3 N–H and O–H groups in total. The zero-order valence-corrected chi connectivity index (χ0v) is 17.4. The number of carbonyl (C=O) groups excluding carboxylic acids is 2. The molecule has 2 aromatic carbocycles. The Labute approximate surface area is 171 Å². The largest absolute Gasteiger partial charge is 0.335 e. The first-order valence-electron chi connectivity index (χ1n) is 8.89. The van der Waals surface area contributed by atoms with Gasteiger partial charge in [-0.1, -0.05) is 13.8 Å². The van der Waals surface area contributed by atoms with Gasteiger partial charge in [0, 0.05) is 16.2 Å². The molecule has 150 valence electrons. The summed E-state index contributed by atoms with van der Waals surface area (Å²) in [5.41, 5.74) is 0.797. The summed E-state index contributed by atoms with van der Waals surface area (Å²) in [6.07, 6.45) is 1.50. The SMILES string of the molecule is CCC(CC)NC(=O)Nc1cc(C(=O)Nc2ccc(F)c(C)c2)c(Br)cc1F. The maximum absolute atomic E-state index is 14.2. The molecule has 0 atom stereocenters. The van der Waals surface area contributed by atoms with Gasteiger partial charge < -0.3 is 16.0 Å². The van der Waals surface area contributed by atoms with Gasteiger partial charge in [-0.15, -0.1) is 0 Å². The lowest BCUT2D eigenvalue weighted by molar-refractivity contribution is 0.102. The number of urea groups is 1. The Morgan fingerprint density at radius 2 is 1.71 bits per heavy atom. The monoisotopic (exact) mass is 453 g/mol. The molecule has 0 aliphatic heterocycles. The standard InChI is InChI=1S/C20H22BrF2N3O2/c1-4-12(5-2)25-20(28)26-18-9-14(15(21)10-17(18)23)19(27)24-13-6-7-16(22)11(3)8-13/h6-10,12H,4-5H2,1-3H3,(H,24,27)(H2,25,26,28). The van der Waals surface area contributed by atoms with E-state index in [1.807, 2.05) is 13.8 Å². The van der Waals surface area contributed by atoms with Crippen LogP contribution in [0, 0.1) is 18.6 Å². The van der Waals surface area contributed by atoms with Crippen LogP contribution >= 0.6 is 15.9 Å². The van der Waals surface area contributed by atoms with Crippen LogP contribution in [0.15, 0.2) is 34.8 Å². The molecular formula is C20H22BrF2N3O2. The highest BCUT2D eigenvalue weighted by atomic mass is 79.9. The summed E-state index contributed by atoms with van der Waals surface area (Å²) in [7, 11) is 0. The van der Waals surface area contributed by atoms with Crippen LogP contribution in [-0.2, 0) is 0 Å². The lowest BCUT2D eigenvalue weighted by Crippen LogP contribution is -2.37. The number of anilines is 2. The number of carbonyl (C=O) groups is 2. The van der Waals surface area contributed by atoms with Crippen LogP contribution in [0.5, 0.6) is 0 Å². The fraction of sp³-hybridized carbons (Fsp3) is 0.300. The molecule has 2 rings (SSSR count). The number of halogens is 3. The minimum atomic E-state index is -0.680. The highest BCUT2D eigenvalue weighted by Gasteiger charge is 2.17. The number of amides is 3. The summed E-state index contributed by atoms with van der Waals surface area (Å²) in [6, 6.07) is 5.96. The minimum absolute atomic E-state index is 0.0250. The van der Waals surface area contributed by atoms with Crippen LogP contribution in [0.2, 0.25) is 0 Å². The summed E-state index contributed by atoms with van der Waals surface area (Å²) in [5, 5.41) is 7.81. The van der Waals surface area contributed by atoms with Crippen molar-refractivity contribution in [1.82, 2.24) is 5.32 Å². The van der Waals surface area contributed by atoms with Crippen molar-refractivity contribution < 1.29 is 18.4 Å². The third-order valence-corrected chi connectivity index (χ3v) is 4.94. The van der Waals surface area contributed by atoms with Crippen LogP contribution in [0.1, 0.15) is 42.6 Å². The molecule has 0 spiro atoms. The van der Waals surface area contributed by atoms with Crippen molar-refractivity contribution in [3.05, 3.63) is 57.6 Å². The zero-order chi connectivity index (χ0) is 20.8. The third-order valence-electron chi connectivity index (χ3n) is 4.29. The smallest absolute Gasteiger partial charge is 0.319 e. The number of benzene rings is 2. The average Bonchev–Trinajstić information content (AvgIpc) is 2.64. The Kier molecular flexibility index (Phi) is 7.51. The van der Waals surface area contributed by atoms with E-state index in [-0.39, 0.29) is 27.6 Å². The molecule has 28 heavy (non-hydrogen) atoms. The fourth-order valence-corrected chi connectivity index (χ4v) is 3.07. The van der Waals surface area contributed by atoms with E-state index in [1.54, 1.807) is 6.92 Å². The highest BCUT2D eigenvalue weighted by molar-refractivity contribution is 9.10. The fourth-order valence-electron chi connectivity index (χ4n) is 2.58. The minimum Gasteiger partial charge on any atom is -0.335 e. The number of hydrogen-bond acceptors (Lipinski definition) is 2. The van der Waals surface area contributed by atoms with Gasteiger partial charge in [-0.2, -0.15) is 0 Å². The van der Waals surface area contributed by atoms with Crippen molar-refractivity contribution in [3.8, 4) is 0 Å². The average molecular weight is 454 g/mol. The molecule has 0 heterocycles. The molecule has 0 unspecified atom stereocenters. The van der Waals surface area contributed by atoms with Crippen molar-refractivity contribution in [2.24, 2.45) is 0 Å². The summed E-state index contributed by atoms with van der Waals surface area (Å²) in [5.74, 6) is -1.59. The normalized spacial score (nSPS) is 10.7. The number of rotatable bonds is 6. The van der Waals surface area contributed by atoms with Crippen LogP contribution in [0.4, 0.5) is 25.0 Å². The molecule has 8 heteroatoms. The van der Waals surface area contributed by atoms with Crippen molar-refractivity contribution in [1.29, 1.82) is 0 Å². The van der Waals surface area contributed by atoms with Crippen LogP contribution in [-0.4, -0.2) is 18.0 Å². The molecular weight excluding hydrogens is 432 g/mol. The highest BCUT2D eigenvalue weighted by Crippen LogP contribution is 2.26. The van der Waals surface area contributed by atoms with Crippen LogP contribution in [0.25, 0.3) is 0 Å². The van der Waals surface area contributed by atoms with Crippen molar-refractivity contribution in [3.63, 3.8) is 0 Å². The van der Waals surface area contributed by atoms with E-state index in [2.05, 4.69) is 31.9 Å². The Balaban J connectivity index is 2.20. The second-order valence-corrected chi connectivity index (χ2v) is 7.20. The molecule has 0 saturated heterocycles. The molecule has 0 aromatic heterocycles. The van der Waals surface area contributed by atoms with Gasteiger partial charge in [-0.25, -0.2) is 13.6 Å². The quantitative estimate of drug-likeness (QED) is 0.532. The van der Waals surface area contributed by atoms with Gasteiger partial charge in [0.1, 0.15) is 11.6 Å². The second-order valence-electron chi connectivity index (χ2n) is 6.34. The predicted molar refractivity (Wildman–Crippen MR) is 110 cm³/mol. The Bertz CT molecular complexity index is 886. The number of nitrogens with one attached hydrogen (secondary N) is 3. The van der Waals surface area contributed by atoms with E-state index in [1.165, 1.54) is 24.3 Å². The number of hydrogen-bond donors (Lipinski definition) is 3. The first kappa shape index (κ1) is 21.8. The summed E-state index contributed by atoms with van der Waals surface area (Å²) in [6.45, 7) is 5.46. The third kappa shape index (κ3) is 5.51. The van der Waals surface area contributed by atoms with E-state index in [9.17, 15) is 18.4 Å². The molecule has 0 radical (unpaired) electrons. The van der Waals surface area contributed by atoms with E-state index in [0.29, 0.717) is 11.3 Å². The molecule has 2 aromatic rings. The Morgan fingerprint density at radius 1 is 1.04 bits per heavy atom. The van der Waals surface area contributed by atoms with Gasteiger partial charge >= 0.3 is 6.03 Å². The molecule has 0 aliphatic rings. The van der Waals surface area contributed by atoms with Gasteiger partial charge in [-0.3, -0.25) is 4.79 Å². The zero-order valence-electron chi connectivity index (χ0n) is 15.8. The molecule has 3 amide bonds. The predicted octanol–water partition coefficient (Wildman–Crippen LogP) is 5.60. The van der Waals surface area contributed by atoms with Gasteiger partial charge in [0.2, 0.25) is 0 Å². The van der Waals surface area contributed by atoms with Gasteiger partial charge in [0.15, 0.2) is 0 Å². The molecule has 0 aliphatic carbocycles. The van der Waals surface area contributed by atoms with Crippen LogP contribution in [0.3, 0.4) is 0 Å². The number of aryl methyl sites for hydroxylation is 1. The molecule has 5 nitrogen and oxygen atoms in total. The summed E-state index contributed by atoms with van der Waals surface area (Å²) in [4.78, 5) is 24.6. The van der Waals surface area contributed by atoms with E-state index >= 15 is 0 Å². The Hall–Kier alpha value is -2.48. The van der Waals surface area contributed by atoms with Gasteiger partial charge in [0.25, 0.3) is 5.91 Å². The lowest BCUT2D eigenvalue weighted by atomic mass is 10.1. The van der Waals surface area contributed by atoms with Gasteiger partial charge in [0.05, 0.1) is 11.3 Å². The van der Waals surface area contributed by atoms with Crippen molar-refractivity contribution in [2.45, 2.75) is 39.7 Å². The maximum atomic E-state index is 14.2. The molecule has 0 fully saturated rings. The lowest BCUT2D eigenvalue weighted by Gasteiger charge is -2.16. The molecule has 0 bridgehead atoms. The first-order chi connectivity index (χ1) is 13.2. The van der Waals surface area contributed by atoms with Crippen molar-refractivity contribution >= 4 is 39.2 Å². The summed E-state index contributed by atoms with van der Waals surface area (Å²) < 4.78 is 27.8. The topological polar surface area (TPSA) is 70.2 Å². The maximum Gasteiger partial charge on any atom is 0.319 e. The second kappa shape index (κ2) is 9.64. The summed E-state index contributed by atoms with van der Waals surface area (Å²) >= 11 is 3.16. The van der Waals surface area contributed by atoms with Crippen molar-refractivity contribution in [2.75, 3.05) is 10.6 Å². The van der Waals surface area contributed by atoms with Gasteiger partial charge in [-0.05, 0) is 71.6 Å². The van der Waals surface area contributed by atoms with Crippen LogP contribution < -0.4 is 16.0 Å². The first-order valence-corrected chi connectivity index (χ1v) is 9.68. The van der Waals surface area contributed by atoms with E-state index in [0.717, 1.165) is 18.9 Å².